The molecular weight excluding hydrogens is 821 g/mol. The Bertz CT molecular complexity index is 3560. The molecule has 13 rings (SSSR count). The van der Waals surface area contributed by atoms with Crippen LogP contribution in [0.15, 0.2) is 259 Å². The fourth-order valence-electron chi connectivity index (χ4n) is 11.3. The van der Waals surface area contributed by atoms with Crippen molar-refractivity contribution in [1.29, 1.82) is 0 Å². The van der Waals surface area contributed by atoms with E-state index in [0.29, 0.717) is 11.8 Å². The zero-order chi connectivity index (χ0) is 45.0. The molecule has 5 aliphatic rings. The van der Waals surface area contributed by atoms with Gasteiger partial charge in [-0.1, -0.05) is 182 Å². The molecule has 7 aromatic carbocycles. The Morgan fingerprint density at radius 1 is 0.471 bits per heavy atom. The van der Waals surface area contributed by atoms with Crippen LogP contribution in [0.25, 0.3) is 66.5 Å². The molecule has 8 aromatic rings. The molecule has 2 atom stereocenters. The van der Waals surface area contributed by atoms with Crippen molar-refractivity contribution in [3.05, 3.63) is 271 Å². The molecule has 0 spiro atoms. The van der Waals surface area contributed by atoms with Crippen molar-refractivity contribution >= 4 is 50.1 Å². The first kappa shape index (κ1) is 40.1. The minimum atomic E-state index is 0.336. The van der Waals surface area contributed by atoms with E-state index in [-0.39, 0.29) is 0 Å². The average molecular weight is 871 g/mol. The van der Waals surface area contributed by atoms with E-state index in [1.807, 2.05) is 0 Å². The van der Waals surface area contributed by atoms with Gasteiger partial charge in [-0.3, -0.25) is 0 Å². The van der Waals surface area contributed by atoms with Gasteiger partial charge in [0.15, 0.2) is 0 Å². The van der Waals surface area contributed by atoms with Crippen LogP contribution in [0, 0.1) is 11.8 Å². The number of rotatable bonds is 8. The fraction of sp³-hybridized carbons (Fsp3) is 0.0909. The number of hydrogen-bond donors (Lipinski definition) is 0. The topological polar surface area (TPSA) is 8.17 Å². The van der Waals surface area contributed by atoms with E-state index in [1.54, 1.807) is 0 Å². The van der Waals surface area contributed by atoms with E-state index >= 15 is 0 Å². The number of aromatic nitrogens is 1. The largest absolute Gasteiger partial charge is 0.310 e. The Hall–Kier alpha value is -8.20. The summed E-state index contributed by atoms with van der Waals surface area (Å²) in [4.78, 5) is 2.51. The van der Waals surface area contributed by atoms with E-state index in [9.17, 15) is 0 Å². The summed E-state index contributed by atoms with van der Waals surface area (Å²) in [7, 11) is 0. The van der Waals surface area contributed by atoms with Crippen molar-refractivity contribution in [3.8, 4) is 33.4 Å². The number of nitrogens with zero attached hydrogens (tertiary/aromatic N) is 2. The smallest absolute Gasteiger partial charge is 0.0542 e. The SMILES string of the molecule is C1=CCCC(/C(C2=CCCC=C2)=C2/c3ccccc3-c3ccc(N(c4cc(-c5ccccc5)cc(-c5ccccc5)c4)c4ccc5c(c4)c4ccccc4n5C4=CC5C=CC=CC5C=C4)cc32)=C1. The van der Waals surface area contributed by atoms with Gasteiger partial charge in [-0.2, -0.15) is 0 Å². The molecule has 0 radical (unpaired) electrons. The Kier molecular flexibility index (Phi) is 9.97. The second-order valence-corrected chi connectivity index (χ2v) is 18.6. The van der Waals surface area contributed by atoms with Gasteiger partial charge in [0.1, 0.15) is 0 Å². The molecular formula is C66H50N2. The first-order valence-corrected chi connectivity index (χ1v) is 24.3. The molecule has 0 bridgehead atoms. The molecule has 2 nitrogen and oxygen atoms in total. The van der Waals surface area contributed by atoms with Crippen LogP contribution in [-0.2, 0) is 0 Å². The van der Waals surface area contributed by atoms with E-state index in [1.165, 1.54) is 94.3 Å². The highest BCUT2D eigenvalue weighted by molar-refractivity contribution is 6.12. The van der Waals surface area contributed by atoms with Crippen molar-refractivity contribution < 1.29 is 0 Å². The van der Waals surface area contributed by atoms with Crippen LogP contribution in [0.3, 0.4) is 0 Å². The number of fused-ring (bicyclic) bond motifs is 7. The van der Waals surface area contributed by atoms with E-state index in [2.05, 4.69) is 252 Å². The molecule has 68 heavy (non-hydrogen) atoms. The van der Waals surface area contributed by atoms with Crippen molar-refractivity contribution in [2.24, 2.45) is 11.8 Å². The summed E-state index contributed by atoms with van der Waals surface area (Å²) in [6.45, 7) is 0. The predicted molar refractivity (Wildman–Crippen MR) is 288 cm³/mol. The first-order valence-electron chi connectivity index (χ1n) is 24.3. The van der Waals surface area contributed by atoms with Gasteiger partial charge in [0.05, 0.1) is 11.0 Å². The van der Waals surface area contributed by atoms with Crippen LogP contribution in [0.5, 0.6) is 0 Å². The molecule has 0 fully saturated rings. The van der Waals surface area contributed by atoms with Crippen molar-refractivity contribution in [2.45, 2.75) is 25.7 Å². The number of benzene rings is 7. The van der Waals surface area contributed by atoms with Crippen LogP contribution in [0.2, 0.25) is 0 Å². The van der Waals surface area contributed by atoms with Gasteiger partial charge in [0, 0.05) is 45.4 Å². The second-order valence-electron chi connectivity index (χ2n) is 18.6. The van der Waals surface area contributed by atoms with Gasteiger partial charge >= 0.3 is 0 Å². The zero-order valence-electron chi connectivity index (χ0n) is 38.0. The van der Waals surface area contributed by atoms with Gasteiger partial charge in [-0.25, -0.2) is 0 Å². The Morgan fingerprint density at radius 3 is 1.93 bits per heavy atom. The van der Waals surface area contributed by atoms with Crippen molar-refractivity contribution in [1.82, 2.24) is 4.57 Å². The maximum atomic E-state index is 2.51. The first-order chi connectivity index (χ1) is 33.7. The normalized spacial score (nSPS) is 18.5. The molecule has 0 aliphatic heterocycles. The molecule has 1 heterocycles. The lowest BCUT2D eigenvalue weighted by molar-refractivity contribution is 0.659. The predicted octanol–water partition coefficient (Wildman–Crippen LogP) is 17.7. The number of allylic oxidation sites excluding steroid dienone is 17. The molecule has 2 heteroatoms. The molecule has 0 saturated carbocycles. The van der Waals surface area contributed by atoms with Crippen LogP contribution in [-0.4, -0.2) is 4.57 Å². The molecule has 5 aliphatic carbocycles. The van der Waals surface area contributed by atoms with Crippen LogP contribution < -0.4 is 4.90 Å². The summed E-state index contributed by atoms with van der Waals surface area (Å²) >= 11 is 0. The van der Waals surface area contributed by atoms with Crippen LogP contribution >= 0.6 is 0 Å². The third-order valence-corrected chi connectivity index (χ3v) is 14.5. The van der Waals surface area contributed by atoms with Crippen LogP contribution in [0.4, 0.5) is 17.1 Å². The molecule has 0 N–H and O–H groups in total. The molecule has 324 valence electrons. The van der Waals surface area contributed by atoms with Gasteiger partial charge < -0.3 is 9.47 Å². The Balaban J connectivity index is 1.07. The summed E-state index contributed by atoms with van der Waals surface area (Å²) in [5.41, 5.74) is 22.3. The highest BCUT2D eigenvalue weighted by Gasteiger charge is 2.30. The van der Waals surface area contributed by atoms with E-state index in [4.69, 9.17) is 0 Å². The van der Waals surface area contributed by atoms with Gasteiger partial charge in [0.25, 0.3) is 0 Å². The fourth-order valence-corrected chi connectivity index (χ4v) is 11.3. The average Bonchev–Trinajstić information content (AvgIpc) is 3.92. The Labute approximate surface area is 399 Å². The summed E-state index contributed by atoms with van der Waals surface area (Å²) in [5, 5.41) is 2.47. The minimum Gasteiger partial charge on any atom is -0.310 e. The monoisotopic (exact) mass is 870 g/mol. The number of para-hydroxylation sites is 1. The van der Waals surface area contributed by atoms with E-state index in [0.717, 1.165) is 42.7 Å². The highest BCUT2D eigenvalue weighted by atomic mass is 15.1. The Morgan fingerprint density at radius 2 is 1.16 bits per heavy atom. The van der Waals surface area contributed by atoms with Crippen molar-refractivity contribution in [2.75, 3.05) is 4.90 Å². The zero-order valence-corrected chi connectivity index (χ0v) is 38.0. The number of anilines is 3. The lowest BCUT2D eigenvalue weighted by Crippen LogP contribution is -2.13. The minimum absolute atomic E-state index is 0.336. The summed E-state index contributed by atoms with van der Waals surface area (Å²) in [6.07, 6.45) is 34.4. The molecule has 2 unspecified atom stereocenters. The maximum Gasteiger partial charge on any atom is 0.0542 e. The second kappa shape index (κ2) is 16.9. The van der Waals surface area contributed by atoms with Gasteiger partial charge in [-0.05, 0) is 153 Å². The summed E-state index contributed by atoms with van der Waals surface area (Å²) < 4.78 is 2.47. The lowest BCUT2D eigenvalue weighted by atomic mass is 9.83. The lowest BCUT2D eigenvalue weighted by Gasteiger charge is -2.28. The van der Waals surface area contributed by atoms with Crippen LogP contribution in [0.1, 0.15) is 36.8 Å². The number of hydrogen-bond acceptors (Lipinski definition) is 1. The molecule has 0 amide bonds. The third-order valence-electron chi connectivity index (χ3n) is 14.5. The molecule has 0 saturated heterocycles. The quantitative estimate of drug-likeness (QED) is 0.148. The van der Waals surface area contributed by atoms with Gasteiger partial charge in [-0.15, -0.1) is 0 Å². The van der Waals surface area contributed by atoms with Gasteiger partial charge in [0.2, 0.25) is 0 Å². The summed E-state index contributed by atoms with van der Waals surface area (Å²) in [6, 6.07) is 61.1. The van der Waals surface area contributed by atoms with Crippen molar-refractivity contribution in [3.63, 3.8) is 0 Å². The standard InChI is InChI=1S/C66H50N2/c1-5-19-45(20-6-1)51-39-52(46-21-7-2-8-22-46)42-56(41-51)67(55-36-38-64-61(43-55)59-30-17-18-32-63(59)68(64)53-34-33-47-23-13-14-28-50(47)40-53)54-35-37-58-57-29-15-16-31-60(57)66(62(58)44-54)65(48-24-9-3-10-25-48)49-26-11-4-12-27-49/h1-3,5-9,11,13-24,26-44,47,50H,4,10,12,25H2/b66-65+. The third kappa shape index (κ3) is 6.95. The highest BCUT2D eigenvalue weighted by Crippen LogP contribution is 2.52. The van der Waals surface area contributed by atoms with E-state index < -0.39 is 0 Å². The summed E-state index contributed by atoms with van der Waals surface area (Å²) in [5.74, 6) is 0.728. The maximum absolute atomic E-state index is 2.51. The molecule has 1 aromatic heterocycles.